The molecule has 0 atom stereocenters. The molecule has 118 valence electrons. The minimum Gasteiger partial charge on any atom is -0.871 e. The second kappa shape index (κ2) is 5.94. The van der Waals surface area contributed by atoms with Crippen molar-refractivity contribution in [1.82, 2.24) is 0 Å². The van der Waals surface area contributed by atoms with E-state index < -0.39 is 0 Å². The van der Waals surface area contributed by atoms with Crippen LogP contribution < -0.4 is 16.0 Å². The molecule has 1 aromatic carbocycles. The Morgan fingerprint density at radius 3 is 2.68 bits per heavy atom. The van der Waals surface area contributed by atoms with Crippen molar-refractivity contribution in [2.24, 2.45) is 0 Å². The lowest BCUT2D eigenvalue weighted by Gasteiger charge is -2.19. The van der Waals surface area contributed by atoms with Gasteiger partial charge in [-0.2, -0.15) is 0 Å². The van der Waals surface area contributed by atoms with Crippen LogP contribution >= 0.6 is 11.6 Å². The third-order valence-corrected chi connectivity index (χ3v) is 5.08. The van der Waals surface area contributed by atoms with E-state index in [2.05, 4.69) is 5.32 Å². The Kier molecular flexibility index (Phi) is 4.15. The molecule has 2 N–H and O–H groups in total. The fourth-order valence-corrected chi connectivity index (χ4v) is 3.47. The molecule has 3 rings (SSSR count). The van der Waals surface area contributed by atoms with Gasteiger partial charge in [0.05, 0.1) is 6.04 Å². The fraction of sp³-hybridized carbons (Fsp3) is 0.471. The third-order valence-electron chi connectivity index (χ3n) is 4.80. The van der Waals surface area contributed by atoms with E-state index in [9.17, 15) is 9.90 Å². The van der Waals surface area contributed by atoms with Crippen LogP contribution in [-0.4, -0.2) is 6.04 Å². The molecule has 0 unspecified atom stereocenters. The van der Waals surface area contributed by atoms with Gasteiger partial charge in [-0.05, 0) is 51.2 Å². The second-order valence-electron chi connectivity index (χ2n) is 6.17. The average Bonchev–Trinajstić information content (AvgIpc) is 3.00. The van der Waals surface area contributed by atoms with Gasteiger partial charge in [-0.15, -0.1) is 0 Å². The highest BCUT2D eigenvalue weighted by Crippen LogP contribution is 2.33. The van der Waals surface area contributed by atoms with Crippen LogP contribution in [0.4, 0.5) is 0 Å². The molecule has 22 heavy (non-hydrogen) atoms. The van der Waals surface area contributed by atoms with Gasteiger partial charge in [-0.3, -0.25) is 0 Å². The van der Waals surface area contributed by atoms with Gasteiger partial charge in [-0.1, -0.05) is 17.4 Å². The Labute approximate surface area is 134 Å². The zero-order valence-electron chi connectivity index (χ0n) is 12.9. The Balaban J connectivity index is 2.10. The predicted octanol–water partition coefficient (Wildman–Crippen LogP) is 2.14. The summed E-state index contributed by atoms with van der Waals surface area (Å²) in [5.74, 6) is -0.227. The third kappa shape index (κ3) is 2.61. The average molecular weight is 322 g/mol. The molecular weight excluding hydrogens is 302 g/mol. The van der Waals surface area contributed by atoms with Gasteiger partial charge in [0.2, 0.25) is 0 Å². The molecule has 0 spiro atoms. The zero-order valence-corrected chi connectivity index (χ0v) is 13.6. The van der Waals surface area contributed by atoms with E-state index in [1.807, 2.05) is 6.92 Å². The van der Waals surface area contributed by atoms with Crippen LogP contribution in [0.5, 0.6) is 5.75 Å². The first kappa shape index (κ1) is 15.4. The molecule has 1 saturated carbocycles. The smallest absolute Gasteiger partial charge is 0.339 e. The van der Waals surface area contributed by atoms with Gasteiger partial charge < -0.3 is 14.8 Å². The van der Waals surface area contributed by atoms with Gasteiger partial charge in [-0.25, -0.2) is 4.79 Å². The monoisotopic (exact) mass is 321 g/mol. The lowest BCUT2D eigenvalue weighted by atomic mass is 10.0. The quantitative estimate of drug-likeness (QED) is 0.881. The van der Waals surface area contributed by atoms with E-state index in [0.29, 0.717) is 29.3 Å². The van der Waals surface area contributed by atoms with Gasteiger partial charge in [0.15, 0.2) is 0 Å². The summed E-state index contributed by atoms with van der Waals surface area (Å²) in [4.78, 5) is 12.0. The Morgan fingerprint density at radius 1 is 1.32 bits per heavy atom. The van der Waals surface area contributed by atoms with Crippen molar-refractivity contribution < 1.29 is 14.8 Å². The van der Waals surface area contributed by atoms with Gasteiger partial charge in [0, 0.05) is 21.5 Å². The highest BCUT2D eigenvalue weighted by molar-refractivity contribution is 6.33. The molecule has 0 saturated heterocycles. The van der Waals surface area contributed by atoms with Crippen LogP contribution in [0.3, 0.4) is 0 Å². The molecule has 0 radical (unpaired) electrons. The minimum absolute atomic E-state index is 0.193. The molecule has 0 amide bonds. The lowest BCUT2D eigenvalue weighted by molar-refractivity contribution is -0.703. The van der Waals surface area contributed by atoms with Gasteiger partial charge >= 0.3 is 5.63 Å². The lowest BCUT2D eigenvalue weighted by Crippen LogP contribution is -2.87. The zero-order chi connectivity index (χ0) is 15.9. The maximum absolute atomic E-state index is 12.4. The summed E-state index contributed by atoms with van der Waals surface area (Å²) >= 11 is 6.11. The first-order valence-corrected chi connectivity index (χ1v) is 8.12. The van der Waals surface area contributed by atoms with Crippen LogP contribution in [-0.2, 0) is 6.54 Å². The van der Waals surface area contributed by atoms with Crippen molar-refractivity contribution in [1.29, 1.82) is 0 Å². The summed E-state index contributed by atoms with van der Waals surface area (Å²) in [5.41, 5.74) is 1.92. The van der Waals surface area contributed by atoms with Crippen molar-refractivity contribution >= 4 is 22.6 Å². The maximum atomic E-state index is 12.4. The molecule has 5 heteroatoms. The predicted molar refractivity (Wildman–Crippen MR) is 84.3 cm³/mol. The molecule has 1 aromatic heterocycles. The summed E-state index contributed by atoms with van der Waals surface area (Å²) in [5, 5.41) is 15.5. The number of aryl methyl sites for hydroxylation is 1. The Morgan fingerprint density at radius 2 is 2.00 bits per heavy atom. The number of fused-ring (bicyclic) bond motifs is 1. The van der Waals surface area contributed by atoms with Crippen molar-refractivity contribution in [2.75, 3.05) is 0 Å². The molecule has 1 heterocycles. The van der Waals surface area contributed by atoms with Crippen LogP contribution in [0.2, 0.25) is 5.02 Å². The minimum atomic E-state index is -0.381. The van der Waals surface area contributed by atoms with Crippen molar-refractivity contribution in [3.63, 3.8) is 0 Å². The number of hydrogen-bond acceptors (Lipinski definition) is 3. The largest absolute Gasteiger partial charge is 0.871 e. The normalized spacial score (nSPS) is 15.8. The molecular formula is C17H20ClNO3. The Bertz CT molecular complexity index is 776. The van der Waals surface area contributed by atoms with Crippen LogP contribution in [0, 0.1) is 13.8 Å². The maximum Gasteiger partial charge on any atom is 0.339 e. The number of rotatable bonds is 3. The van der Waals surface area contributed by atoms with Crippen LogP contribution in [0.1, 0.15) is 42.4 Å². The summed E-state index contributed by atoms with van der Waals surface area (Å²) < 4.78 is 5.42. The first-order chi connectivity index (χ1) is 10.5. The molecule has 4 nitrogen and oxygen atoms in total. The summed E-state index contributed by atoms with van der Waals surface area (Å²) in [6.45, 7) is 4.09. The SMILES string of the molecule is Cc1c(C)c2cc(Cl)c([O-])c(C[NH2+]C3CCCC3)c2oc1=O. The van der Waals surface area contributed by atoms with Gasteiger partial charge in [0.25, 0.3) is 0 Å². The van der Waals surface area contributed by atoms with Gasteiger partial charge in [0.1, 0.15) is 12.1 Å². The van der Waals surface area contributed by atoms with E-state index in [-0.39, 0.29) is 16.4 Å². The summed E-state index contributed by atoms with van der Waals surface area (Å²) in [6.07, 6.45) is 4.84. The van der Waals surface area contributed by atoms with E-state index in [4.69, 9.17) is 16.0 Å². The highest BCUT2D eigenvalue weighted by atomic mass is 35.5. The fourth-order valence-electron chi connectivity index (χ4n) is 3.25. The molecule has 2 aromatic rings. The number of benzene rings is 1. The van der Waals surface area contributed by atoms with Crippen molar-refractivity contribution in [2.45, 2.75) is 52.1 Å². The molecule has 0 aliphatic heterocycles. The van der Waals surface area contributed by atoms with E-state index in [0.717, 1.165) is 10.9 Å². The standard InChI is InChI=1S/C17H20ClNO3/c1-9-10(2)17(21)22-16-12(9)7-14(18)15(20)13(16)8-19-11-5-3-4-6-11/h7,11,19-20H,3-6,8H2,1-2H3. The second-order valence-corrected chi connectivity index (χ2v) is 6.57. The molecule has 1 aliphatic rings. The summed E-state index contributed by atoms with van der Waals surface area (Å²) in [7, 11) is 0. The Hall–Kier alpha value is -1.52. The van der Waals surface area contributed by atoms with E-state index in [1.165, 1.54) is 25.7 Å². The van der Waals surface area contributed by atoms with Crippen molar-refractivity contribution in [3.05, 3.63) is 38.2 Å². The first-order valence-electron chi connectivity index (χ1n) is 7.74. The van der Waals surface area contributed by atoms with Crippen LogP contribution in [0.25, 0.3) is 11.0 Å². The molecule has 1 fully saturated rings. The number of quaternary nitrogens is 1. The summed E-state index contributed by atoms with van der Waals surface area (Å²) in [6, 6.07) is 2.16. The number of hydrogen-bond donors (Lipinski definition) is 1. The number of nitrogens with two attached hydrogens (primary N) is 1. The topological polar surface area (TPSA) is 69.9 Å². The molecule has 0 bridgehead atoms. The van der Waals surface area contributed by atoms with Crippen LogP contribution in [0.15, 0.2) is 15.3 Å². The molecule has 1 aliphatic carbocycles. The van der Waals surface area contributed by atoms with Crippen molar-refractivity contribution in [3.8, 4) is 5.75 Å². The highest BCUT2D eigenvalue weighted by Gasteiger charge is 2.20. The number of halogens is 1. The van der Waals surface area contributed by atoms with E-state index >= 15 is 0 Å². The van der Waals surface area contributed by atoms with E-state index in [1.54, 1.807) is 13.0 Å².